The van der Waals surface area contributed by atoms with Gasteiger partial charge in [0.05, 0.1) is 28.4 Å². The molecule has 0 aliphatic carbocycles. The molecule has 0 radical (unpaired) electrons. The zero-order valence-electron chi connectivity index (χ0n) is 24.8. The molecular formula is C33H40N2O6. The summed E-state index contributed by atoms with van der Waals surface area (Å²) in [7, 11) is 8.15. The first-order valence-corrected chi connectivity index (χ1v) is 13.9. The van der Waals surface area contributed by atoms with Crippen LogP contribution in [0.15, 0.2) is 60.7 Å². The highest BCUT2D eigenvalue weighted by Crippen LogP contribution is 2.41. The minimum atomic E-state index is -0.535. The first-order valence-electron chi connectivity index (χ1n) is 13.9. The summed E-state index contributed by atoms with van der Waals surface area (Å²) in [6, 6.07) is 18.9. The van der Waals surface area contributed by atoms with Crippen LogP contribution >= 0.6 is 0 Å². The van der Waals surface area contributed by atoms with Crippen molar-refractivity contribution < 1.29 is 28.5 Å². The average molecular weight is 561 g/mol. The second kappa shape index (κ2) is 13.4. The van der Waals surface area contributed by atoms with E-state index in [1.165, 1.54) is 5.56 Å². The van der Waals surface area contributed by atoms with Crippen LogP contribution in [0.3, 0.4) is 0 Å². The predicted molar refractivity (Wildman–Crippen MR) is 159 cm³/mol. The number of ether oxygens (including phenoxy) is 4. The van der Waals surface area contributed by atoms with Crippen LogP contribution in [0, 0.1) is 0 Å². The molecule has 3 aromatic carbocycles. The van der Waals surface area contributed by atoms with Crippen LogP contribution in [0.5, 0.6) is 23.0 Å². The highest BCUT2D eigenvalue weighted by Gasteiger charge is 2.41. The number of hydrogen-bond acceptors (Lipinski definition) is 6. The summed E-state index contributed by atoms with van der Waals surface area (Å²) in [4.78, 5) is 30.1. The van der Waals surface area contributed by atoms with E-state index in [-0.39, 0.29) is 11.8 Å². The molecule has 218 valence electrons. The molecule has 8 heteroatoms. The minimum absolute atomic E-state index is 0.00208. The lowest BCUT2D eigenvalue weighted by molar-refractivity contribution is -0.159. The molecule has 3 aromatic rings. The van der Waals surface area contributed by atoms with Gasteiger partial charge in [-0.3, -0.25) is 9.59 Å². The average Bonchev–Trinajstić information content (AvgIpc) is 3.01. The van der Waals surface area contributed by atoms with E-state index in [0.29, 0.717) is 30.2 Å². The maximum atomic E-state index is 13.6. The summed E-state index contributed by atoms with van der Waals surface area (Å²) >= 11 is 0. The van der Waals surface area contributed by atoms with Crippen molar-refractivity contribution in [2.75, 3.05) is 42.0 Å². The number of carbonyl (C=O) groups is 2. The maximum absolute atomic E-state index is 13.6. The molecule has 8 nitrogen and oxygen atoms in total. The summed E-state index contributed by atoms with van der Waals surface area (Å²) in [5, 5.41) is 0. The zero-order valence-corrected chi connectivity index (χ0v) is 24.8. The topological polar surface area (TPSA) is 77.5 Å². The van der Waals surface area contributed by atoms with Crippen LogP contribution < -0.4 is 18.9 Å². The third-order valence-corrected chi connectivity index (χ3v) is 7.86. The van der Waals surface area contributed by atoms with E-state index in [4.69, 9.17) is 18.9 Å². The van der Waals surface area contributed by atoms with Gasteiger partial charge in [-0.1, -0.05) is 36.4 Å². The molecule has 2 atom stereocenters. The number of methoxy groups -OCH3 is 4. The first kappa shape index (κ1) is 29.8. The summed E-state index contributed by atoms with van der Waals surface area (Å²) in [5.74, 6) is 2.51. The maximum Gasteiger partial charge on any atom is 0.246 e. The van der Waals surface area contributed by atoms with E-state index in [1.807, 2.05) is 55.5 Å². The fraction of sp³-hybridized carbons (Fsp3) is 0.394. The molecule has 1 saturated heterocycles. The van der Waals surface area contributed by atoms with Crippen LogP contribution in [-0.2, 0) is 22.4 Å². The number of amides is 2. The highest BCUT2D eigenvalue weighted by atomic mass is 16.5. The Hall–Kier alpha value is -4.20. The van der Waals surface area contributed by atoms with Gasteiger partial charge in [0.25, 0.3) is 0 Å². The highest BCUT2D eigenvalue weighted by molar-refractivity contribution is 5.96. The molecule has 1 aliphatic rings. The lowest BCUT2D eigenvalue weighted by Crippen LogP contribution is -2.63. The fourth-order valence-electron chi connectivity index (χ4n) is 5.37. The molecule has 1 heterocycles. The Morgan fingerprint density at radius 3 is 1.88 bits per heavy atom. The molecule has 0 N–H and O–H groups in total. The van der Waals surface area contributed by atoms with Crippen molar-refractivity contribution in [1.29, 1.82) is 0 Å². The lowest BCUT2D eigenvalue weighted by atomic mass is 9.96. The van der Waals surface area contributed by atoms with Crippen LogP contribution in [-0.4, -0.2) is 75.7 Å². The SMILES string of the molecule is COc1ccc(CCCCN2C(=O)[C@H](Cc3ccc(-c4cc(OC)c(OC)c(OC)c4)cc3)N(C)C(=O)[C@@H]2C)cc1. The van der Waals surface area contributed by atoms with Gasteiger partial charge in [-0.2, -0.15) is 0 Å². The van der Waals surface area contributed by atoms with Crippen molar-refractivity contribution >= 4 is 11.8 Å². The van der Waals surface area contributed by atoms with Crippen molar-refractivity contribution in [1.82, 2.24) is 9.80 Å². The monoisotopic (exact) mass is 560 g/mol. The van der Waals surface area contributed by atoms with Crippen molar-refractivity contribution in [3.8, 4) is 34.1 Å². The van der Waals surface area contributed by atoms with E-state index in [9.17, 15) is 9.59 Å². The number of hydrogen-bond donors (Lipinski definition) is 0. The van der Waals surface area contributed by atoms with Crippen LogP contribution in [0.4, 0.5) is 0 Å². The normalized spacial score (nSPS) is 17.0. The molecule has 2 amide bonds. The number of benzene rings is 3. The smallest absolute Gasteiger partial charge is 0.246 e. The summed E-state index contributed by atoms with van der Waals surface area (Å²) in [6.07, 6.45) is 3.12. The molecule has 1 fully saturated rings. The van der Waals surface area contributed by atoms with Crippen molar-refractivity contribution in [2.24, 2.45) is 0 Å². The minimum Gasteiger partial charge on any atom is -0.497 e. The number of likely N-dealkylation sites (N-methyl/N-ethyl adjacent to an activating group) is 1. The molecule has 1 aliphatic heterocycles. The Kier molecular flexibility index (Phi) is 9.76. The van der Waals surface area contributed by atoms with E-state index in [0.717, 1.165) is 41.7 Å². The summed E-state index contributed by atoms with van der Waals surface area (Å²) < 4.78 is 21.6. The van der Waals surface area contributed by atoms with E-state index in [1.54, 1.807) is 45.3 Å². The van der Waals surface area contributed by atoms with Gasteiger partial charge in [0.1, 0.15) is 17.8 Å². The van der Waals surface area contributed by atoms with Crippen LogP contribution in [0.2, 0.25) is 0 Å². The van der Waals surface area contributed by atoms with Gasteiger partial charge < -0.3 is 28.7 Å². The summed E-state index contributed by atoms with van der Waals surface area (Å²) in [5.41, 5.74) is 4.10. The largest absolute Gasteiger partial charge is 0.497 e. The lowest BCUT2D eigenvalue weighted by Gasteiger charge is -2.42. The molecule has 0 saturated carbocycles. The van der Waals surface area contributed by atoms with E-state index >= 15 is 0 Å². The summed E-state index contributed by atoms with van der Waals surface area (Å²) in [6.45, 7) is 2.38. The third kappa shape index (κ3) is 6.59. The van der Waals surface area contributed by atoms with Gasteiger partial charge >= 0.3 is 0 Å². The van der Waals surface area contributed by atoms with Gasteiger partial charge in [-0.25, -0.2) is 0 Å². The standard InChI is InChI=1S/C33H40N2O6/c1-22-32(36)34(2)28(33(37)35(22)18-8-7-9-23-12-16-27(38-3)17-13-23)19-24-10-14-25(15-11-24)26-20-29(39-4)31(41-6)30(21-26)40-5/h10-17,20-22,28H,7-9,18-19H2,1-6H3/t22-,28-/m0/s1. The number of aryl methyl sites for hydroxylation is 1. The number of unbranched alkanes of at least 4 members (excludes halogenated alkanes) is 1. The molecule has 0 aromatic heterocycles. The van der Waals surface area contributed by atoms with Gasteiger partial charge in [0.15, 0.2) is 11.5 Å². The second-order valence-electron chi connectivity index (χ2n) is 10.3. The molecule has 0 unspecified atom stereocenters. The van der Waals surface area contributed by atoms with Gasteiger partial charge in [0.2, 0.25) is 17.6 Å². The van der Waals surface area contributed by atoms with Gasteiger partial charge in [0, 0.05) is 20.0 Å². The Labute approximate surface area is 242 Å². The van der Waals surface area contributed by atoms with Crippen molar-refractivity contribution in [3.63, 3.8) is 0 Å². The number of nitrogens with zero attached hydrogens (tertiary/aromatic N) is 2. The van der Waals surface area contributed by atoms with E-state index < -0.39 is 12.1 Å². The van der Waals surface area contributed by atoms with Crippen LogP contribution in [0.25, 0.3) is 11.1 Å². The Morgan fingerprint density at radius 1 is 0.707 bits per heavy atom. The Morgan fingerprint density at radius 2 is 1.32 bits per heavy atom. The molecule has 0 spiro atoms. The Balaban J connectivity index is 1.42. The number of carbonyl (C=O) groups excluding carboxylic acids is 2. The quantitative estimate of drug-likeness (QED) is 0.290. The van der Waals surface area contributed by atoms with Crippen LogP contribution in [0.1, 0.15) is 30.9 Å². The van der Waals surface area contributed by atoms with Gasteiger partial charge in [-0.05, 0) is 72.7 Å². The van der Waals surface area contributed by atoms with E-state index in [2.05, 4.69) is 12.1 Å². The second-order valence-corrected chi connectivity index (χ2v) is 10.3. The predicted octanol–water partition coefficient (Wildman–Crippen LogP) is 5.01. The van der Waals surface area contributed by atoms with Crippen molar-refractivity contribution in [3.05, 3.63) is 71.8 Å². The molecule has 41 heavy (non-hydrogen) atoms. The van der Waals surface area contributed by atoms with Crippen molar-refractivity contribution in [2.45, 2.75) is 44.7 Å². The van der Waals surface area contributed by atoms with Gasteiger partial charge in [-0.15, -0.1) is 0 Å². The molecule has 0 bridgehead atoms. The first-order chi connectivity index (χ1) is 19.8. The molecule has 4 rings (SSSR count). The number of piperazine rings is 1. The third-order valence-electron chi connectivity index (χ3n) is 7.86. The number of rotatable bonds is 12. The molecular weight excluding hydrogens is 520 g/mol. The Bertz CT molecular complexity index is 1310. The fourth-order valence-corrected chi connectivity index (χ4v) is 5.37. The zero-order chi connectivity index (χ0) is 29.5.